The monoisotopic (exact) mass is 464 g/mol. The van der Waals surface area contributed by atoms with Crippen LogP contribution < -0.4 is 5.32 Å². The van der Waals surface area contributed by atoms with Crippen LogP contribution in [-0.4, -0.2) is 36.6 Å². The first-order valence-electron chi connectivity index (χ1n) is 8.74. The molecule has 7 nitrogen and oxygen atoms in total. The van der Waals surface area contributed by atoms with Gasteiger partial charge in [0, 0.05) is 0 Å². The lowest BCUT2D eigenvalue weighted by Crippen LogP contribution is -2.15. The Bertz CT molecular complexity index is 1250. The number of para-hydroxylation sites is 1. The van der Waals surface area contributed by atoms with Gasteiger partial charge in [0.2, 0.25) is 5.91 Å². The Morgan fingerprint density at radius 1 is 1.13 bits per heavy atom. The summed E-state index contributed by atoms with van der Waals surface area (Å²) in [5, 5.41) is 11.0. The zero-order chi connectivity index (χ0) is 22.0. The van der Waals surface area contributed by atoms with Crippen molar-refractivity contribution in [2.24, 2.45) is 0 Å². The molecule has 0 unspecified atom stereocenters. The number of hydrogen-bond acceptors (Lipinski definition) is 6. The summed E-state index contributed by atoms with van der Waals surface area (Å²) in [5.74, 6) is -0.676. The van der Waals surface area contributed by atoms with Crippen LogP contribution in [0.5, 0.6) is 0 Å². The molecule has 0 bridgehead atoms. The number of carbonyl (C=O) groups excluding carboxylic acids is 1. The minimum Gasteiger partial charge on any atom is -0.324 e. The van der Waals surface area contributed by atoms with Gasteiger partial charge in [0.1, 0.15) is 11.4 Å². The average Bonchev–Trinajstić information content (AvgIpc) is 3.18. The molecule has 0 atom stereocenters. The van der Waals surface area contributed by atoms with Crippen molar-refractivity contribution in [3.63, 3.8) is 0 Å². The summed E-state index contributed by atoms with van der Waals surface area (Å²) in [5.41, 5.74) is 0.600. The second-order valence-electron chi connectivity index (χ2n) is 6.22. The van der Waals surface area contributed by atoms with Crippen LogP contribution in [0.1, 0.15) is 5.56 Å². The zero-order valence-electron chi connectivity index (χ0n) is 15.5. The molecule has 0 fully saturated rings. The smallest absolute Gasteiger partial charge is 0.324 e. The second kappa shape index (κ2) is 8.52. The maximum atomic E-state index is 12.9. The molecule has 31 heavy (non-hydrogen) atoms. The van der Waals surface area contributed by atoms with Crippen molar-refractivity contribution in [2.45, 2.75) is 11.2 Å². The van der Waals surface area contributed by atoms with Gasteiger partial charge in [-0.1, -0.05) is 46.8 Å². The Balaban J connectivity index is 1.50. The molecule has 0 saturated carbocycles. The zero-order valence-corrected chi connectivity index (χ0v) is 17.0. The predicted molar refractivity (Wildman–Crippen MR) is 110 cm³/mol. The van der Waals surface area contributed by atoms with Gasteiger partial charge in [0.05, 0.1) is 27.7 Å². The van der Waals surface area contributed by atoms with Crippen molar-refractivity contribution >= 4 is 46.1 Å². The second-order valence-corrected chi connectivity index (χ2v) is 7.59. The lowest BCUT2D eigenvalue weighted by atomic mass is 10.2. The summed E-state index contributed by atoms with van der Waals surface area (Å²) in [6, 6.07) is 12.0. The van der Waals surface area contributed by atoms with Gasteiger partial charge in [-0.3, -0.25) is 4.79 Å². The number of nitrogens with one attached hydrogen (secondary N) is 1. The topological polar surface area (TPSA) is 85.6 Å². The Morgan fingerprint density at radius 3 is 2.65 bits per heavy atom. The van der Waals surface area contributed by atoms with Crippen molar-refractivity contribution < 1.29 is 18.0 Å². The molecule has 0 radical (unpaired) electrons. The molecular weight excluding hydrogens is 453 g/mol. The highest BCUT2D eigenvalue weighted by atomic mass is 35.5. The Kier molecular flexibility index (Phi) is 5.79. The quantitative estimate of drug-likeness (QED) is 0.343. The van der Waals surface area contributed by atoms with Crippen LogP contribution in [0.25, 0.3) is 16.9 Å². The molecule has 4 aromatic rings. The van der Waals surface area contributed by atoms with Crippen molar-refractivity contribution in [3.05, 3.63) is 65.4 Å². The molecule has 0 saturated heterocycles. The largest absolute Gasteiger partial charge is 0.416 e. The standard InChI is InChI=1S/C19H12ClF3N6OS/c20-13-7-6-11(19(21,22)23)8-14(13)26-15(30)9-31-18-16-17(24-10-25-18)29(28-27-16)12-4-2-1-3-5-12/h1-8,10H,9H2,(H,26,30). The third-order valence-electron chi connectivity index (χ3n) is 4.11. The average molecular weight is 465 g/mol. The minimum absolute atomic E-state index is 0.00146. The molecule has 158 valence electrons. The van der Waals surface area contributed by atoms with Crippen LogP contribution in [0.3, 0.4) is 0 Å². The number of fused-ring (bicyclic) bond motifs is 1. The summed E-state index contributed by atoms with van der Waals surface area (Å²) < 4.78 is 40.2. The minimum atomic E-state index is -4.55. The first kappa shape index (κ1) is 21.1. The lowest BCUT2D eigenvalue weighted by Gasteiger charge is -2.11. The summed E-state index contributed by atoms with van der Waals surface area (Å²) in [7, 11) is 0. The van der Waals surface area contributed by atoms with E-state index in [4.69, 9.17) is 11.6 Å². The predicted octanol–water partition coefficient (Wildman–Crippen LogP) is 4.61. The molecule has 1 amide bonds. The van der Waals surface area contributed by atoms with Crippen molar-refractivity contribution in [3.8, 4) is 5.69 Å². The number of hydrogen-bond donors (Lipinski definition) is 1. The lowest BCUT2D eigenvalue weighted by molar-refractivity contribution is -0.137. The number of benzene rings is 2. The van der Waals surface area contributed by atoms with E-state index >= 15 is 0 Å². The van der Waals surface area contributed by atoms with Gasteiger partial charge in [0.25, 0.3) is 0 Å². The molecule has 1 N–H and O–H groups in total. The maximum Gasteiger partial charge on any atom is 0.416 e. The van der Waals surface area contributed by atoms with Crippen molar-refractivity contribution in [2.75, 3.05) is 11.1 Å². The van der Waals surface area contributed by atoms with Crippen LogP contribution in [0.2, 0.25) is 5.02 Å². The van der Waals surface area contributed by atoms with Crippen LogP contribution in [-0.2, 0) is 11.0 Å². The molecule has 12 heteroatoms. The summed E-state index contributed by atoms with van der Waals surface area (Å²) in [6.07, 6.45) is -3.22. The van der Waals surface area contributed by atoms with Gasteiger partial charge >= 0.3 is 6.18 Å². The first-order chi connectivity index (χ1) is 14.8. The number of thioether (sulfide) groups is 1. The fourth-order valence-electron chi connectivity index (χ4n) is 2.69. The fraction of sp³-hybridized carbons (Fsp3) is 0.105. The number of amides is 1. The van der Waals surface area contributed by atoms with E-state index in [1.165, 1.54) is 6.33 Å². The molecule has 4 rings (SSSR count). The summed E-state index contributed by atoms with van der Waals surface area (Å²) in [6.45, 7) is 0. The third kappa shape index (κ3) is 4.62. The number of alkyl halides is 3. The number of carbonyl (C=O) groups is 1. The van der Waals surface area contributed by atoms with Crippen molar-refractivity contribution in [1.82, 2.24) is 25.0 Å². The van der Waals surface area contributed by atoms with Gasteiger partial charge in [-0.2, -0.15) is 17.9 Å². The summed E-state index contributed by atoms with van der Waals surface area (Å²) >= 11 is 6.97. The Hall–Kier alpha value is -3.18. The number of rotatable bonds is 5. The molecule has 0 aliphatic heterocycles. The number of anilines is 1. The normalized spacial score (nSPS) is 11.6. The van der Waals surface area contributed by atoms with E-state index in [9.17, 15) is 18.0 Å². The van der Waals surface area contributed by atoms with E-state index in [-0.39, 0.29) is 16.5 Å². The molecular formula is C19H12ClF3N6OS. The molecule has 0 spiro atoms. The fourth-order valence-corrected chi connectivity index (χ4v) is 3.59. The molecule has 0 aliphatic carbocycles. The number of halogens is 4. The van der Waals surface area contributed by atoms with E-state index in [1.807, 2.05) is 30.3 Å². The Labute approximate surface area is 182 Å². The van der Waals surface area contributed by atoms with Crippen LogP contribution in [0.4, 0.5) is 18.9 Å². The Morgan fingerprint density at radius 2 is 1.90 bits per heavy atom. The van der Waals surface area contributed by atoms with Gasteiger partial charge < -0.3 is 5.32 Å². The third-order valence-corrected chi connectivity index (χ3v) is 5.42. The van der Waals surface area contributed by atoms with E-state index in [0.29, 0.717) is 16.2 Å². The highest BCUT2D eigenvalue weighted by molar-refractivity contribution is 8.00. The van der Waals surface area contributed by atoms with E-state index in [0.717, 1.165) is 35.6 Å². The van der Waals surface area contributed by atoms with Gasteiger partial charge in [-0.15, -0.1) is 5.10 Å². The van der Waals surface area contributed by atoms with E-state index in [2.05, 4.69) is 25.6 Å². The van der Waals surface area contributed by atoms with Crippen LogP contribution >= 0.6 is 23.4 Å². The van der Waals surface area contributed by atoms with E-state index in [1.54, 1.807) is 4.68 Å². The van der Waals surface area contributed by atoms with Crippen LogP contribution in [0.15, 0.2) is 59.9 Å². The van der Waals surface area contributed by atoms with Gasteiger partial charge in [0.15, 0.2) is 11.2 Å². The molecule has 0 aliphatic rings. The SMILES string of the molecule is O=C(CSc1ncnc2c1nnn2-c1ccccc1)Nc1cc(C(F)(F)F)ccc1Cl. The highest BCUT2D eigenvalue weighted by Gasteiger charge is 2.31. The van der Waals surface area contributed by atoms with E-state index < -0.39 is 17.6 Å². The highest BCUT2D eigenvalue weighted by Crippen LogP contribution is 2.34. The molecule has 2 aromatic heterocycles. The summed E-state index contributed by atoms with van der Waals surface area (Å²) in [4.78, 5) is 20.6. The van der Waals surface area contributed by atoms with Crippen molar-refractivity contribution in [1.29, 1.82) is 0 Å². The van der Waals surface area contributed by atoms with Gasteiger partial charge in [-0.25, -0.2) is 9.97 Å². The van der Waals surface area contributed by atoms with Crippen LogP contribution in [0, 0.1) is 0 Å². The molecule has 2 heterocycles. The number of aromatic nitrogens is 5. The molecule has 2 aromatic carbocycles. The number of nitrogens with zero attached hydrogens (tertiary/aromatic N) is 5. The maximum absolute atomic E-state index is 12.9. The van der Waals surface area contributed by atoms with Gasteiger partial charge in [-0.05, 0) is 30.3 Å². The first-order valence-corrected chi connectivity index (χ1v) is 10.1.